The lowest BCUT2D eigenvalue weighted by Crippen LogP contribution is -2.35. The van der Waals surface area contributed by atoms with Gasteiger partial charge in [-0.3, -0.25) is 9.59 Å². The molecule has 0 aliphatic carbocycles. The van der Waals surface area contributed by atoms with Gasteiger partial charge in [0.05, 0.1) is 22.8 Å². The number of anilines is 1. The van der Waals surface area contributed by atoms with E-state index in [0.717, 1.165) is 28.4 Å². The van der Waals surface area contributed by atoms with E-state index < -0.39 is 41.6 Å². The number of amides is 2. The van der Waals surface area contributed by atoms with Crippen LogP contribution in [0.4, 0.5) is 23.2 Å². The van der Waals surface area contributed by atoms with E-state index in [9.17, 15) is 27.2 Å². The van der Waals surface area contributed by atoms with Crippen LogP contribution in [-0.4, -0.2) is 30.3 Å². The lowest BCUT2D eigenvalue weighted by atomic mass is 10.1. The summed E-state index contributed by atoms with van der Waals surface area (Å²) < 4.78 is 52.9. The molecule has 0 unspecified atom stereocenters. The molecule has 10 heteroatoms. The molecule has 2 aromatic carbocycles. The van der Waals surface area contributed by atoms with E-state index in [0.29, 0.717) is 10.1 Å². The first-order valence-corrected chi connectivity index (χ1v) is 9.36. The van der Waals surface area contributed by atoms with Crippen LogP contribution >= 0.6 is 22.9 Å². The second-order valence-corrected chi connectivity index (χ2v) is 7.57. The number of nitrogens with zero attached hydrogens (tertiary/aromatic N) is 1. The summed E-state index contributed by atoms with van der Waals surface area (Å²) in [4.78, 5) is 26.0. The normalized spacial score (nSPS) is 11.5. The SMILES string of the molecule is CN(CC(=O)Nc1ccccc1C(F)(F)F)C(=O)c1sc2cc(F)ccc2c1Cl. The predicted molar refractivity (Wildman–Crippen MR) is 104 cm³/mol. The summed E-state index contributed by atoms with van der Waals surface area (Å²) in [6.07, 6.45) is -4.63. The van der Waals surface area contributed by atoms with Gasteiger partial charge >= 0.3 is 6.18 Å². The first kappa shape index (κ1) is 21.1. The summed E-state index contributed by atoms with van der Waals surface area (Å²) in [5.41, 5.74) is -1.39. The molecule has 0 fully saturated rings. The summed E-state index contributed by atoms with van der Waals surface area (Å²) in [5.74, 6) is -1.89. The summed E-state index contributed by atoms with van der Waals surface area (Å²) in [7, 11) is 1.32. The summed E-state index contributed by atoms with van der Waals surface area (Å²) >= 11 is 7.17. The zero-order valence-electron chi connectivity index (χ0n) is 14.8. The van der Waals surface area contributed by atoms with Gasteiger partial charge in [-0.2, -0.15) is 13.2 Å². The van der Waals surface area contributed by atoms with Gasteiger partial charge in [0.25, 0.3) is 5.91 Å². The Hall–Kier alpha value is -2.65. The molecule has 4 nitrogen and oxygen atoms in total. The number of likely N-dealkylation sites (N-methyl/N-ethyl adjacent to an activating group) is 1. The molecule has 0 atom stereocenters. The van der Waals surface area contributed by atoms with Gasteiger partial charge in [-0.1, -0.05) is 23.7 Å². The lowest BCUT2D eigenvalue weighted by Gasteiger charge is -2.18. The highest BCUT2D eigenvalue weighted by molar-refractivity contribution is 7.21. The molecule has 2 amide bonds. The topological polar surface area (TPSA) is 49.4 Å². The molecular formula is C19H13ClF4N2O2S. The van der Waals surface area contributed by atoms with Crippen LogP contribution in [0, 0.1) is 5.82 Å². The zero-order chi connectivity index (χ0) is 21.3. The highest BCUT2D eigenvalue weighted by atomic mass is 35.5. The Labute approximate surface area is 171 Å². The van der Waals surface area contributed by atoms with Gasteiger partial charge in [0, 0.05) is 17.1 Å². The zero-order valence-corrected chi connectivity index (χ0v) is 16.4. The van der Waals surface area contributed by atoms with Gasteiger partial charge in [0.2, 0.25) is 5.91 Å². The van der Waals surface area contributed by atoms with Crippen molar-refractivity contribution >= 4 is 50.5 Å². The minimum Gasteiger partial charge on any atom is -0.332 e. The maximum absolute atomic E-state index is 13.4. The van der Waals surface area contributed by atoms with Crippen LogP contribution < -0.4 is 5.32 Å². The molecule has 3 aromatic rings. The highest BCUT2D eigenvalue weighted by Crippen LogP contribution is 2.37. The molecule has 152 valence electrons. The molecule has 0 bridgehead atoms. The fraction of sp³-hybridized carbons (Fsp3) is 0.158. The van der Waals surface area contributed by atoms with Crippen LogP contribution in [0.15, 0.2) is 42.5 Å². The van der Waals surface area contributed by atoms with Crippen LogP contribution in [-0.2, 0) is 11.0 Å². The molecular weight excluding hydrogens is 432 g/mol. The van der Waals surface area contributed by atoms with E-state index >= 15 is 0 Å². The van der Waals surface area contributed by atoms with E-state index in [2.05, 4.69) is 5.32 Å². The summed E-state index contributed by atoms with van der Waals surface area (Å²) in [5, 5.41) is 2.80. The Morgan fingerprint density at radius 3 is 2.55 bits per heavy atom. The van der Waals surface area contributed by atoms with Crippen molar-refractivity contribution in [1.82, 2.24) is 4.90 Å². The van der Waals surface area contributed by atoms with E-state index in [4.69, 9.17) is 11.6 Å². The number of thiophene rings is 1. The molecule has 0 aliphatic heterocycles. The molecule has 0 saturated carbocycles. The average molecular weight is 445 g/mol. The third-order valence-electron chi connectivity index (χ3n) is 4.02. The smallest absolute Gasteiger partial charge is 0.332 e. The van der Waals surface area contributed by atoms with Crippen molar-refractivity contribution in [2.45, 2.75) is 6.18 Å². The third kappa shape index (κ3) is 4.51. The van der Waals surface area contributed by atoms with Crippen LogP contribution in [0.2, 0.25) is 5.02 Å². The first-order chi connectivity index (χ1) is 13.6. The van der Waals surface area contributed by atoms with Crippen molar-refractivity contribution in [3.8, 4) is 0 Å². The van der Waals surface area contributed by atoms with Crippen molar-refractivity contribution in [2.75, 3.05) is 18.9 Å². The predicted octanol–water partition coefficient (Wildman–Crippen LogP) is 5.42. The first-order valence-electron chi connectivity index (χ1n) is 8.17. The highest BCUT2D eigenvalue weighted by Gasteiger charge is 2.33. The number of hydrogen-bond donors (Lipinski definition) is 1. The number of hydrogen-bond acceptors (Lipinski definition) is 3. The monoisotopic (exact) mass is 444 g/mol. The van der Waals surface area contributed by atoms with E-state index in [1.54, 1.807) is 0 Å². The molecule has 29 heavy (non-hydrogen) atoms. The van der Waals surface area contributed by atoms with Crippen molar-refractivity contribution in [3.63, 3.8) is 0 Å². The number of nitrogens with one attached hydrogen (secondary N) is 1. The van der Waals surface area contributed by atoms with E-state index in [1.165, 1.54) is 37.4 Å². The van der Waals surface area contributed by atoms with Crippen molar-refractivity contribution in [2.24, 2.45) is 0 Å². The van der Waals surface area contributed by atoms with Gasteiger partial charge in [-0.15, -0.1) is 11.3 Å². The Bertz CT molecular complexity index is 1100. The maximum Gasteiger partial charge on any atom is 0.418 e. The Morgan fingerprint density at radius 2 is 1.86 bits per heavy atom. The third-order valence-corrected chi connectivity index (χ3v) is 5.66. The van der Waals surface area contributed by atoms with Crippen LogP contribution in [0.1, 0.15) is 15.2 Å². The van der Waals surface area contributed by atoms with Crippen molar-refractivity contribution in [1.29, 1.82) is 0 Å². The quantitative estimate of drug-likeness (QED) is 0.546. The summed E-state index contributed by atoms with van der Waals surface area (Å²) in [6.45, 7) is -0.496. The number of carbonyl (C=O) groups excluding carboxylic acids is 2. The molecule has 1 N–H and O–H groups in total. The number of benzene rings is 2. The van der Waals surface area contributed by atoms with E-state index in [-0.39, 0.29) is 9.90 Å². The van der Waals surface area contributed by atoms with Gasteiger partial charge < -0.3 is 10.2 Å². The van der Waals surface area contributed by atoms with Gasteiger partial charge in [0.15, 0.2) is 0 Å². The van der Waals surface area contributed by atoms with Crippen LogP contribution in [0.5, 0.6) is 0 Å². The van der Waals surface area contributed by atoms with Gasteiger partial charge in [-0.25, -0.2) is 4.39 Å². The molecule has 0 radical (unpaired) electrons. The Morgan fingerprint density at radius 1 is 1.17 bits per heavy atom. The second kappa shape index (κ2) is 8.00. The van der Waals surface area contributed by atoms with Crippen LogP contribution in [0.3, 0.4) is 0 Å². The molecule has 3 rings (SSSR count). The number of rotatable bonds is 4. The van der Waals surface area contributed by atoms with Gasteiger partial charge in [0.1, 0.15) is 10.7 Å². The number of para-hydroxylation sites is 1. The minimum absolute atomic E-state index is 0.109. The molecule has 0 aliphatic rings. The van der Waals surface area contributed by atoms with Crippen molar-refractivity contribution in [3.05, 3.63) is 63.7 Å². The number of halogens is 5. The number of fused-ring (bicyclic) bond motifs is 1. The number of alkyl halides is 3. The van der Waals surface area contributed by atoms with Crippen LogP contribution in [0.25, 0.3) is 10.1 Å². The largest absolute Gasteiger partial charge is 0.418 e. The standard InChI is InChI=1S/C19H13ClF4N2O2S/c1-26(9-15(27)25-13-5-3-2-4-12(13)19(22,23)24)18(28)17-16(20)11-7-6-10(21)8-14(11)29-17/h2-8H,9H2,1H3,(H,25,27). The molecule has 1 heterocycles. The van der Waals surface area contributed by atoms with E-state index in [1.807, 2.05) is 0 Å². The van der Waals surface area contributed by atoms with Gasteiger partial charge in [-0.05, 0) is 30.3 Å². The Balaban J connectivity index is 1.75. The lowest BCUT2D eigenvalue weighted by molar-refractivity contribution is -0.137. The molecule has 1 aromatic heterocycles. The molecule has 0 spiro atoms. The average Bonchev–Trinajstić information content (AvgIpc) is 2.96. The second-order valence-electron chi connectivity index (χ2n) is 6.14. The minimum atomic E-state index is -4.63. The number of carbonyl (C=O) groups is 2. The molecule has 0 saturated heterocycles. The fourth-order valence-corrected chi connectivity index (χ4v) is 4.20. The summed E-state index contributed by atoms with van der Waals surface area (Å²) in [6, 6.07) is 8.44. The maximum atomic E-state index is 13.4. The van der Waals surface area contributed by atoms with Crippen molar-refractivity contribution < 1.29 is 27.2 Å². The Kier molecular flexibility index (Phi) is 5.81. The fourth-order valence-electron chi connectivity index (χ4n) is 2.67.